The van der Waals surface area contributed by atoms with Gasteiger partial charge in [-0.3, -0.25) is 0 Å². The minimum Gasteiger partial charge on any atom is -0.393 e. The van der Waals surface area contributed by atoms with Gasteiger partial charge in [0.15, 0.2) is 0 Å². The van der Waals surface area contributed by atoms with Crippen molar-refractivity contribution >= 4 is 0 Å². The lowest BCUT2D eigenvalue weighted by atomic mass is 9.85. The summed E-state index contributed by atoms with van der Waals surface area (Å²) in [6, 6.07) is 2.23. The summed E-state index contributed by atoms with van der Waals surface area (Å²) < 4.78 is 0. The van der Waals surface area contributed by atoms with Crippen LogP contribution in [0.1, 0.15) is 46.5 Å². The Kier molecular flexibility index (Phi) is 5.42. The van der Waals surface area contributed by atoms with Crippen LogP contribution in [0.25, 0.3) is 0 Å². The van der Waals surface area contributed by atoms with Gasteiger partial charge in [0.05, 0.1) is 12.2 Å². The third-order valence-electron chi connectivity index (χ3n) is 3.79. The van der Waals surface area contributed by atoms with Gasteiger partial charge >= 0.3 is 0 Å². The molecule has 3 heteroatoms. The molecular formula is C14H26N2O. The van der Waals surface area contributed by atoms with Gasteiger partial charge in [-0.05, 0) is 44.1 Å². The molecule has 0 aromatic carbocycles. The maximum atomic E-state index is 9.66. The summed E-state index contributed by atoms with van der Waals surface area (Å²) >= 11 is 0. The first kappa shape index (κ1) is 14.5. The molecule has 1 fully saturated rings. The summed E-state index contributed by atoms with van der Waals surface area (Å²) in [4.78, 5) is 2.46. The molecule has 1 aliphatic rings. The Hall–Kier alpha value is -0.590. The van der Waals surface area contributed by atoms with E-state index < -0.39 is 0 Å². The number of aliphatic hydroxyl groups excluding tert-OH is 1. The first-order valence-corrected chi connectivity index (χ1v) is 6.72. The van der Waals surface area contributed by atoms with Crippen molar-refractivity contribution in [2.75, 3.05) is 19.6 Å². The highest BCUT2D eigenvalue weighted by molar-refractivity contribution is 4.83. The Morgan fingerprint density at radius 1 is 1.53 bits per heavy atom. The maximum absolute atomic E-state index is 9.66. The molecule has 1 aliphatic heterocycles. The molecule has 0 unspecified atom stereocenters. The number of nitriles is 1. The second-order valence-electron chi connectivity index (χ2n) is 6.20. The van der Waals surface area contributed by atoms with Crippen LogP contribution in [0.2, 0.25) is 0 Å². The fourth-order valence-corrected chi connectivity index (χ4v) is 2.71. The molecule has 1 saturated heterocycles. The van der Waals surface area contributed by atoms with Crippen LogP contribution < -0.4 is 0 Å². The molecule has 1 rings (SSSR count). The molecule has 2 atom stereocenters. The highest BCUT2D eigenvalue weighted by atomic mass is 16.3. The first-order chi connectivity index (χ1) is 7.94. The van der Waals surface area contributed by atoms with Crippen molar-refractivity contribution in [3.63, 3.8) is 0 Å². The van der Waals surface area contributed by atoms with Gasteiger partial charge in [-0.1, -0.05) is 13.8 Å². The topological polar surface area (TPSA) is 47.3 Å². The predicted octanol–water partition coefficient (Wildman–Crippen LogP) is 2.41. The van der Waals surface area contributed by atoms with Gasteiger partial charge < -0.3 is 10.0 Å². The maximum Gasteiger partial charge on any atom is 0.0621 e. The van der Waals surface area contributed by atoms with Crippen LogP contribution in [0.4, 0.5) is 0 Å². The standard InChI is InChI=1S/C14H26N2O/c1-12(17)13-6-4-9-16(10-13)11-14(2,3)7-5-8-15/h12-13,17H,4-7,9-11H2,1-3H3/t12-,13+/m0/s1. The highest BCUT2D eigenvalue weighted by Crippen LogP contribution is 2.27. The number of aliphatic hydroxyl groups is 1. The molecule has 0 aromatic heterocycles. The average Bonchev–Trinajstić information content (AvgIpc) is 2.26. The van der Waals surface area contributed by atoms with Crippen LogP contribution in [-0.4, -0.2) is 35.7 Å². The van der Waals surface area contributed by atoms with Gasteiger partial charge in [-0.2, -0.15) is 5.26 Å². The van der Waals surface area contributed by atoms with E-state index >= 15 is 0 Å². The zero-order valence-electron chi connectivity index (χ0n) is 11.4. The number of likely N-dealkylation sites (tertiary alicyclic amines) is 1. The average molecular weight is 238 g/mol. The summed E-state index contributed by atoms with van der Waals surface area (Å²) in [6.45, 7) is 9.55. The van der Waals surface area contributed by atoms with E-state index in [1.807, 2.05) is 6.92 Å². The smallest absolute Gasteiger partial charge is 0.0621 e. The molecule has 0 spiro atoms. The van der Waals surface area contributed by atoms with Gasteiger partial charge in [0.1, 0.15) is 0 Å². The number of hydrogen-bond donors (Lipinski definition) is 1. The minimum atomic E-state index is -0.194. The van der Waals surface area contributed by atoms with Gasteiger partial charge in [-0.25, -0.2) is 0 Å². The fourth-order valence-electron chi connectivity index (χ4n) is 2.71. The second-order valence-corrected chi connectivity index (χ2v) is 6.20. The molecule has 1 heterocycles. The summed E-state index contributed by atoms with van der Waals surface area (Å²) in [5, 5.41) is 18.3. The lowest BCUT2D eigenvalue weighted by molar-refractivity contribution is 0.0458. The Morgan fingerprint density at radius 3 is 2.82 bits per heavy atom. The van der Waals surface area contributed by atoms with Crippen molar-refractivity contribution in [3.05, 3.63) is 0 Å². The predicted molar refractivity (Wildman–Crippen MR) is 69.5 cm³/mol. The molecule has 0 saturated carbocycles. The van der Waals surface area contributed by atoms with Crippen molar-refractivity contribution in [1.82, 2.24) is 4.90 Å². The van der Waals surface area contributed by atoms with Crippen LogP contribution in [0.5, 0.6) is 0 Å². The molecule has 0 radical (unpaired) electrons. The number of rotatable bonds is 5. The van der Waals surface area contributed by atoms with Crippen molar-refractivity contribution < 1.29 is 5.11 Å². The van der Waals surface area contributed by atoms with Crippen molar-refractivity contribution in [1.29, 1.82) is 5.26 Å². The van der Waals surface area contributed by atoms with Crippen LogP contribution >= 0.6 is 0 Å². The van der Waals surface area contributed by atoms with Gasteiger partial charge in [0.2, 0.25) is 0 Å². The van der Waals surface area contributed by atoms with E-state index in [1.54, 1.807) is 0 Å². The van der Waals surface area contributed by atoms with Crippen molar-refractivity contribution in [3.8, 4) is 6.07 Å². The summed E-state index contributed by atoms with van der Waals surface area (Å²) in [6.07, 6.45) is 3.73. The van der Waals surface area contributed by atoms with Crippen LogP contribution in [0.3, 0.4) is 0 Å². The molecular weight excluding hydrogens is 212 g/mol. The van der Waals surface area contributed by atoms with E-state index in [1.165, 1.54) is 6.42 Å². The molecule has 0 aromatic rings. The third kappa shape index (κ3) is 5.06. The van der Waals surface area contributed by atoms with Crippen molar-refractivity contribution in [2.24, 2.45) is 11.3 Å². The zero-order chi connectivity index (χ0) is 12.9. The molecule has 0 amide bonds. The van der Waals surface area contributed by atoms with E-state index in [9.17, 15) is 5.11 Å². The Balaban J connectivity index is 2.42. The quantitative estimate of drug-likeness (QED) is 0.800. The third-order valence-corrected chi connectivity index (χ3v) is 3.79. The zero-order valence-corrected chi connectivity index (χ0v) is 11.4. The Bertz CT molecular complexity index is 268. The lowest BCUT2D eigenvalue weighted by Crippen LogP contribution is -2.43. The van der Waals surface area contributed by atoms with Gasteiger partial charge in [-0.15, -0.1) is 0 Å². The molecule has 98 valence electrons. The van der Waals surface area contributed by atoms with E-state index in [0.29, 0.717) is 12.3 Å². The lowest BCUT2D eigenvalue weighted by Gasteiger charge is -2.38. The van der Waals surface area contributed by atoms with Gasteiger partial charge in [0.25, 0.3) is 0 Å². The Morgan fingerprint density at radius 2 is 2.24 bits per heavy atom. The SMILES string of the molecule is C[C@H](O)[C@@H]1CCCN(CC(C)(C)CCC#N)C1. The molecule has 0 bridgehead atoms. The largest absolute Gasteiger partial charge is 0.393 e. The van der Waals surface area contributed by atoms with Gasteiger partial charge in [0, 0.05) is 19.5 Å². The normalized spacial score (nSPS) is 24.3. The monoisotopic (exact) mass is 238 g/mol. The fraction of sp³-hybridized carbons (Fsp3) is 0.929. The number of piperidine rings is 1. The summed E-state index contributed by atoms with van der Waals surface area (Å²) in [7, 11) is 0. The van der Waals surface area contributed by atoms with E-state index in [-0.39, 0.29) is 11.5 Å². The highest BCUT2D eigenvalue weighted by Gasteiger charge is 2.27. The first-order valence-electron chi connectivity index (χ1n) is 6.72. The summed E-state index contributed by atoms with van der Waals surface area (Å²) in [5.74, 6) is 0.426. The number of hydrogen-bond acceptors (Lipinski definition) is 3. The van der Waals surface area contributed by atoms with Crippen molar-refractivity contribution in [2.45, 2.75) is 52.6 Å². The second kappa shape index (κ2) is 6.37. The number of nitrogens with zero attached hydrogens (tertiary/aromatic N) is 2. The van der Waals surface area contributed by atoms with Crippen LogP contribution in [-0.2, 0) is 0 Å². The van der Waals surface area contributed by atoms with E-state index in [0.717, 1.165) is 32.5 Å². The van der Waals surface area contributed by atoms with Crippen LogP contribution in [0, 0.1) is 22.7 Å². The van der Waals surface area contributed by atoms with E-state index in [2.05, 4.69) is 24.8 Å². The molecule has 1 N–H and O–H groups in total. The molecule has 17 heavy (non-hydrogen) atoms. The minimum absolute atomic E-state index is 0.194. The Labute approximate surface area is 105 Å². The summed E-state index contributed by atoms with van der Waals surface area (Å²) in [5.41, 5.74) is 0.205. The van der Waals surface area contributed by atoms with E-state index in [4.69, 9.17) is 5.26 Å². The molecule has 0 aliphatic carbocycles. The van der Waals surface area contributed by atoms with Crippen LogP contribution in [0.15, 0.2) is 0 Å². The molecule has 3 nitrogen and oxygen atoms in total.